The zero-order valence-corrected chi connectivity index (χ0v) is 12.0. The molecule has 1 nitrogen and oxygen atoms in total. The van der Waals surface area contributed by atoms with E-state index < -0.39 is 0 Å². The highest BCUT2D eigenvalue weighted by atomic mass is 16.5. The molecule has 1 aliphatic carbocycles. The average molecular weight is 244 g/mol. The van der Waals surface area contributed by atoms with Gasteiger partial charge in [0, 0.05) is 0 Å². The average Bonchev–Trinajstić information content (AvgIpc) is 2.99. The van der Waals surface area contributed by atoms with Crippen LogP contribution in [0.2, 0.25) is 0 Å². The van der Waals surface area contributed by atoms with Crippen molar-refractivity contribution in [1.82, 2.24) is 0 Å². The highest BCUT2D eigenvalue weighted by Crippen LogP contribution is 2.53. The molecular weight excluding hydrogens is 220 g/mol. The summed E-state index contributed by atoms with van der Waals surface area (Å²) in [6, 6.07) is 8.91. The molecule has 1 fully saturated rings. The van der Waals surface area contributed by atoms with Crippen molar-refractivity contribution in [2.24, 2.45) is 5.92 Å². The molecule has 0 heterocycles. The van der Waals surface area contributed by atoms with Crippen LogP contribution < -0.4 is 0 Å². The summed E-state index contributed by atoms with van der Waals surface area (Å²) in [7, 11) is 0. The van der Waals surface area contributed by atoms with E-state index in [-0.39, 0.29) is 0 Å². The molecular formula is C17H24O. The number of ether oxygens (including phenoxy) is 1. The monoisotopic (exact) mass is 244 g/mol. The van der Waals surface area contributed by atoms with E-state index in [1.807, 2.05) is 6.26 Å². The topological polar surface area (TPSA) is 9.23 Å². The normalized spacial score (nSPS) is 27.1. The van der Waals surface area contributed by atoms with Crippen LogP contribution >= 0.6 is 0 Å². The van der Waals surface area contributed by atoms with Gasteiger partial charge in [-0.25, -0.2) is 0 Å². The van der Waals surface area contributed by atoms with E-state index in [0.29, 0.717) is 5.41 Å². The first kappa shape index (κ1) is 13.2. The van der Waals surface area contributed by atoms with Gasteiger partial charge in [-0.1, -0.05) is 45.0 Å². The fraction of sp³-hybridized carbons (Fsp3) is 0.529. The number of hydrogen-bond acceptors (Lipinski definition) is 1. The second-order valence-corrected chi connectivity index (χ2v) is 5.78. The minimum atomic E-state index is 0.403. The first-order chi connectivity index (χ1) is 8.58. The lowest BCUT2D eigenvalue weighted by Crippen LogP contribution is -2.03. The molecule has 1 aliphatic rings. The lowest BCUT2D eigenvalue weighted by molar-refractivity contribution is 0.251. The minimum absolute atomic E-state index is 0.403. The van der Waals surface area contributed by atoms with Gasteiger partial charge in [0.2, 0.25) is 0 Å². The van der Waals surface area contributed by atoms with E-state index in [1.54, 1.807) is 0 Å². The molecule has 2 rings (SSSR count). The Bertz CT molecular complexity index is 447. The van der Waals surface area contributed by atoms with E-state index in [1.165, 1.54) is 23.1 Å². The Hall–Kier alpha value is -1.24. The number of allylic oxidation sites excluding steroid dienone is 1. The van der Waals surface area contributed by atoms with Gasteiger partial charge >= 0.3 is 0 Å². The van der Waals surface area contributed by atoms with Gasteiger partial charge in [0.15, 0.2) is 0 Å². The van der Waals surface area contributed by atoms with E-state index in [9.17, 15) is 0 Å². The Kier molecular flexibility index (Phi) is 3.79. The van der Waals surface area contributed by atoms with E-state index in [2.05, 4.69) is 52.0 Å². The summed E-state index contributed by atoms with van der Waals surface area (Å²) >= 11 is 0. The first-order valence-electron chi connectivity index (χ1n) is 6.97. The lowest BCUT2D eigenvalue weighted by Gasteiger charge is -2.12. The van der Waals surface area contributed by atoms with Crippen molar-refractivity contribution in [3.8, 4) is 0 Å². The second kappa shape index (κ2) is 5.17. The zero-order valence-electron chi connectivity index (χ0n) is 12.0. The Balaban J connectivity index is 2.15. The molecule has 1 saturated carbocycles. The van der Waals surface area contributed by atoms with Crippen LogP contribution in [0.4, 0.5) is 0 Å². The molecule has 18 heavy (non-hydrogen) atoms. The highest BCUT2D eigenvalue weighted by Gasteiger charge is 2.47. The van der Waals surface area contributed by atoms with Gasteiger partial charge in [-0.05, 0) is 47.8 Å². The van der Waals surface area contributed by atoms with Gasteiger partial charge in [-0.15, -0.1) is 0 Å². The second-order valence-electron chi connectivity index (χ2n) is 5.78. The summed E-state index contributed by atoms with van der Waals surface area (Å²) in [5.41, 5.74) is 4.36. The van der Waals surface area contributed by atoms with Gasteiger partial charge in [0.25, 0.3) is 0 Å². The Morgan fingerprint density at radius 2 is 2.22 bits per heavy atom. The SMILES string of the molecule is CCCO/C=C(\C)c1cccc(C2(C)CC2C)c1. The van der Waals surface area contributed by atoms with E-state index in [4.69, 9.17) is 4.74 Å². The van der Waals surface area contributed by atoms with Crippen LogP contribution in [0, 0.1) is 5.92 Å². The third kappa shape index (κ3) is 2.60. The fourth-order valence-electron chi connectivity index (χ4n) is 2.47. The highest BCUT2D eigenvalue weighted by molar-refractivity contribution is 5.63. The largest absolute Gasteiger partial charge is 0.501 e. The quantitative estimate of drug-likeness (QED) is 0.535. The number of hydrogen-bond donors (Lipinski definition) is 0. The Morgan fingerprint density at radius 1 is 1.50 bits per heavy atom. The van der Waals surface area contributed by atoms with Crippen LogP contribution in [0.1, 0.15) is 51.7 Å². The molecule has 0 aliphatic heterocycles. The summed E-state index contributed by atoms with van der Waals surface area (Å²) in [5.74, 6) is 0.813. The summed E-state index contributed by atoms with van der Waals surface area (Å²) < 4.78 is 5.50. The minimum Gasteiger partial charge on any atom is -0.501 e. The van der Waals surface area contributed by atoms with Gasteiger partial charge in [-0.2, -0.15) is 0 Å². The molecule has 1 heteroatoms. The summed E-state index contributed by atoms with van der Waals surface area (Å²) in [5, 5.41) is 0. The molecule has 0 spiro atoms. The van der Waals surface area contributed by atoms with Gasteiger partial charge in [0.05, 0.1) is 12.9 Å². The Labute approximate surface area is 111 Å². The van der Waals surface area contributed by atoms with Crippen LogP contribution in [0.3, 0.4) is 0 Å². The van der Waals surface area contributed by atoms with Gasteiger partial charge < -0.3 is 4.74 Å². The first-order valence-corrected chi connectivity index (χ1v) is 6.97. The molecule has 0 amide bonds. The molecule has 1 aromatic carbocycles. The third-order valence-electron chi connectivity index (χ3n) is 4.22. The molecule has 98 valence electrons. The number of benzene rings is 1. The van der Waals surface area contributed by atoms with Gasteiger partial charge in [0.1, 0.15) is 0 Å². The predicted octanol–water partition coefficient (Wildman–Crippen LogP) is 4.77. The summed E-state index contributed by atoms with van der Waals surface area (Å²) in [6.07, 6.45) is 4.26. The third-order valence-corrected chi connectivity index (χ3v) is 4.22. The van der Waals surface area contributed by atoms with Crippen LogP contribution in [-0.2, 0) is 10.2 Å². The van der Waals surface area contributed by atoms with Crippen molar-refractivity contribution in [2.75, 3.05) is 6.61 Å². The molecule has 2 unspecified atom stereocenters. The van der Waals surface area contributed by atoms with Crippen LogP contribution in [0.15, 0.2) is 30.5 Å². The van der Waals surface area contributed by atoms with Crippen molar-refractivity contribution in [1.29, 1.82) is 0 Å². The molecule has 1 aromatic rings. The maximum absolute atomic E-state index is 5.50. The van der Waals surface area contributed by atoms with E-state index >= 15 is 0 Å². The molecule has 2 atom stereocenters. The summed E-state index contributed by atoms with van der Waals surface area (Å²) in [4.78, 5) is 0. The number of rotatable bonds is 5. The van der Waals surface area contributed by atoms with Gasteiger partial charge in [-0.3, -0.25) is 0 Å². The van der Waals surface area contributed by atoms with Crippen LogP contribution in [0.5, 0.6) is 0 Å². The van der Waals surface area contributed by atoms with Crippen molar-refractivity contribution >= 4 is 5.57 Å². The molecule has 0 saturated heterocycles. The zero-order chi connectivity index (χ0) is 13.2. The van der Waals surface area contributed by atoms with Crippen LogP contribution in [-0.4, -0.2) is 6.61 Å². The van der Waals surface area contributed by atoms with Crippen molar-refractivity contribution < 1.29 is 4.74 Å². The van der Waals surface area contributed by atoms with E-state index in [0.717, 1.165) is 18.9 Å². The van der Waals surface area contributed by atoms with Crippen molar-refractivity contribution in [3.05, 3.63) is 41.7 Å². The smallest absolute Gasteiger partial charge is 0.0870 e. The Morgan fingerprint density at radius 3 is 2.83 bits per heavy atom. The lowest BCUT2D eigenvalue weighted by atomic mass is 9.93. The fourth-order valence-corrected chi connectivity index (χ4v) is 2.47. The summed E-state index contributed by atoms with van der Waals surface area (Å²) in [6.45, 7) is 9.74. The molecule has 0 bridgehead atoms. The maximum Gasteiger partial charge on any atom is 0.0870 e. The standard InChI is InChI=1S/C17H24O/c1-5-9-18-12-13(2)15-7-6-8-16(10-15)17(4)11-14(17)3/h6-8,10,12,14H,5,9,11H2,1-4H3/b13-12+. The van der Waals surface area contributed by atoms with Crippen molar-refractivity contribution in [3.63, 3.8) is 0 Å². The molecule has 0 aromatic heterocycles. The maximum atomic E-state index is 5.50. The van der Waals surface area contributed by atoms with Crippen molar-refractivity contribution in [2.45, 2.75) is 46.0 Å². The molecule has 0 N–H and O–H groups in total. The van der Waals surface area contributed by atoms with Crippen LogP contribution in [0.25, 0.3) is 5.57 Å². The molecule has 0 radical (unpaired) electrons. The predicted molar refractivity (Wildman–Crippen MR) is 77.5 cm³/mol.